The van der Waals surface area contributed by atoms with Crippen LogP contribution in [0.2, 0.25) is 0 Å². The quantitative estimate of drug-likeness (QED) is 0.708. The van der Waals surface area contributed by atoms with Crippen LogP contribution in [0.4, 0.5) is 18.0 Å². The summed E-state index contributed by atoms with van der Waals surface area (Å²) < 4.78 is 41.2. The van der Waals surface area contributed by atoms with E-state index >= 15 is 0 Å². The van der Waals surface area contributed by atoms with Gasteiger partial charge in [-0.25, -0.2) is 4.79 Å². The Hall–Kier alpha value is -3.36. The maximum Gasteiger partial charge on any atom is 0.413 e. The molecule has 2 aromatic rings. The lowest BCUT2D eigenvalue weighted by Crippen LogP contribution is -2.47. The Morgan fingerprint density at radius 2 is 1.61 bits per heavy atom. The molecule has 31 heavy (non-hydrogen) atoms. The van der Waals surface area contributed by atoms with E-state index in [2.05, 4.69) is 5.32 Å². The van der Waals surface area contributed by atoms with Crippen molar-refractivity contribution >= 4 is 17.8 Å². The number of amides is 4. The van der Waals surface area contributed by atoms with Crippen LogP contribution in [-0.2, 0) is 15.1 Å². The van der Waals surface area contributed by atoms with Crippen LogP contribution in [0.1, 0.15) is 30.5 Å². The van der Waals surface area contributed by atoms with Gasteiger partial charge in [-0.2, -0.15) is 13.2 Å². The maximum atomic E-state index is 13.7. The van der Waals surface area contributed by atoms with E-state index < -0.39 is 42.1 Å². The summed E-state index contributed by atoms with van der Waals surface area (Å²) in [5.74, 6) is -1.68. The SMILES string of the molecule is CCC1(c2ccccc2)NC(=O)N(CC(=O)N(C)C(c2ccccc2)C(F)(F)F)C1=O. The monoisotopic (exact) mass is 433 g/mol. The summed E-state index contributed by atoms with van der Waals surface area (Å²) in [6.45, 7) is 0.910. The van der Waals surface area contributed by atoms with Crippen molar-refractivity contribution in [2.24, 2.45) is 0 Å². The average Bonchev–Trinajstić information content (AvgIpc) is 2.99. The van der Waals surface area contributed by atoms with Crippen molar-refractivity contribution in [3.63, 3.8) is 0 Å². The molecule has 0 bridgehead atoms. The topological polar surface area (TPSA) is 69.7 Å². The number of carbonyl (C=O) groups excluding carboxylic acids is 3. The number of alkyl halides is 3. The molecular formula is C22H22F3N3O3. The molecule has 1 saturated heterocycles. The third kappa shape index (κ3) is 4.12. The van der Waals surface area contributed by atoms with Crippen LogP contribution in [-0.4, -0.2) is 47.4 Å². The molecule has 0 aliphatic carbocycles. The Balaban J connectivity index is 1.85. The first-order valence-electron chi connectivity index (χ1n) is 9.68. The fourth-order valence-corrected chi connectivity index (χ4v) is 3.79. The van der Waals surface area contributed by atoms with Gasteiger partial charge in [-0.05, 0) is 17.5 Å². The normalized spacial score (nSPS) is 19.8. The second-order valence-electron chi connectivity index (χ2n) is 7.31. The Bertz CT molecular complexity index is 966. The summed E-state index contributed by atoms with van der Waals surface area (Å²) >= 11 is 0. The summed E-state index contributed by atoms with van der Waals surface area (Å²) in [6, 6.07) is 12.5. The van der Waals surface area contributed by atoms with Gasteiger partial charge in [0.2, 0.25) is 5.91 Å². The molecule has 1 fully saturated rings. The molecule has 0 radical (unpaired) electrons. The molecule has 164 valence electrons. The van der Waals surface area contributed by atoms with Crippen LogP contribution in [0, 0.1) is 0 Å². The Morgan fingerprint density at radius 1 is 1.06 bits per heavy atom. The molecule has 0 spiro atoms. The molecule has 2 atom stereocenters. The van der Waals surface area contributed by atoms with Gasteiger partial charge in [0.15, 0.2) is 6.04 Å². The van der Waals surface area contributed by atoms with E-state index in [1.54, 1.807) is 43.3 Å². The van der Waals surface area contributed by atoms with Crippen LogP contribution in [0.25, 0.3) is 0 Å². The number of benzene rings is 2. The highest BCUT2D eigenvalue weighted by Crippen LogP contribution is 2.37. The Labute approximate surface area is 177 Å². The summed E-state index contributed by atoms with van der Waals surface area (Å²) in [6.07, 6.45) is -4.52. The number of nitrogens with zero attached hydrogens (tertiary/aromatic N) is 2. The highest BCUT2D eigenvalue weighted by atomic mass is 19.4. The van der Waals surface area contributed by atoms with Crippen molar-refractivity contribution in [3.05, 3.63) is 71.8 Å². The van der Waals surface area contributed by atoms with E-state index in [4.69, 9.17) is 0 Å². The predicted molar refractivity (Wildman–Crippen MR) is 107 cm³/mol. The molecule has 2 aromatic carbocycles. The van der Waals surface area contributed by atoms with Crippen molar-refractivity contribution < 1.29 is 27.6 Å². The molecular weight excluding hydrogens is 411 g/mol. The number of halogens is 3. The number of likely N-dealkylation sites (N-methyl/N-ethyl adjacent to an activating group) is 1. The molecule has 0 saturated carbocycles. The lowest BCUT2D eigenvalue weighted by atomic mass is 9.87. The van der Waals surface area contributed by atoms with E-state index in [9.17, 15) is 27.6 Å². The molecule has 1 N–H and O–H groups in total. The van der Waals surface area contributed by atoms with E-state index in [0.717, 1.165) is 7.05 Å². The second-order valence-corrected chi connectivity index (χ2v) is 7.31. The maximum absolute atomic E-state index is 13.7. The van der Waals surface area contributed by atoms with Gasteiger partial charge in [-0.1, -0.05) is 67.6 Å². The number of nitrogens with one attached hydrogen (secondary N) is 1. The molecule has 4 amide bonds. The molecule has 0 aromatic heterocycles. The van der Waals surface area contributed by atoms with Crippen LogP contribution in [0.15, 0.2) is 60.7 Å². The Morgan fingerprint density at radius 3 is 2.13 bits per heavy atom. The minimum absolute atomic E-state index is 0.116. The van der Waals surface area contributed by atoms with E-state index in [1.807, 2.05) is 0 Å². The third-order valence-corrected chi connectivity index (χ3v) is 5.47. The second kappa shape index (κ2) is 8.41. The minimum atomic E-state index is -4.74. The third-order valence-electron chi connectivity index (χ3n) is 5.47. The molecule has 1 aliphatic heterocycles. The van der Waals surface area contributed by atoms with Crippen molar-refractivity contribution in [3.8, 4) is 0 Å². The smallest absolute Gasteiger partial charge is 0.328 e. The van der Waals surface area contributed by atoms with Crippen LogP contribution < -0.4 is 5.32 Å². The molecule has 3 rings (SSSR count). The first-order valence-corrected chi connectivity index (χ1v) is 9.68. The van der Waals surface area contributed by atoms with Crippen molar-refractivity contribution in [1.29, 1.82) is 0 Å². The van der Waals surface area contributed by atoms with Crippen LogP contribution >= 0.6 is 0 Å². The molecule has 1 heterocycles. The average molecular weight is 433 g/mol. The summed E-state index contributed by atoms with van der Waals surface area (Å²) in [7, 11) is 1.01. The first kappa shape index (κ1) is 22.3. The number of urea groups is 1. The minimum Gasteiger partial charge on any atom is -0.328 e. The molecule has 1 aliphatic rings. The number of hydrogen-bond acceptors (Lipinski definition) is 3. The van der Waals surface area contributed by atoms with Crippen LogP contribution in [0.5, 0.6) is 0 Å². The van der Waals surface area contributed by atoms with E-state index in [-0.39, 0.29) is 12.0 Å². The van der Waals surface area contributed by atoms with E-state index in [0.29, 0.717) is 15.4 Å². The van der Waals surface area contributed by atoms with Gasteiger partial charge in [0.1, 0.15) is 12.1 Å². The fourth-order valence-electron chi connectivity index (χ4n) is 3.79. The number of hydrogen-bond donors (Lipinski definition) is 1. The van der Waals surface area contributed by atoms with E-state index in [1.165, 1.54) is 24.3 Å². The van der Waals surface area contributed by atoms with Gasteiger partial charge < -0.3 is 10.2 Å². The standard InChI is InChI=1S/C22H22F3N3O3/c1-3-21(16-12-8-5-9-13-16)19(30)28(20(31)26-21)14-17(29)27(2)18(22(23,24)25)15-10-6-4-7-11-15/h4-13,18H,3,14H2,1-2H3,(H,26,31). The van der Waals surface area contributed by atoms with Gasteiger partial charge in [-0.3, -0.25) is 14.5 Å². The van der Waals surface area contributed by atoms with Crippen molar-refractivity contribution in [2.75, 3.05) is 13.6 Å². The largest absolute Gasteiger partial charge is 0.413 e. The van der Waals surface area contributed by atoms with Gasteiger partial charge >= 0.3 is 12.2 Å². The Kier molecular flexibility index (Phi) is 6.06. The summed E-state index contributed by atoms with van der Waals surface area (Å²) in [5.41, 5.74) is -0.938. The number of imide groups is 1. The van der Waals surface area contributed by atoms with Crippen molar-refractivity contribution in [2.45, 2.75) is 31.1 Å². The number of carbonyl (C=O) groups is 3. The highest BCUT2D eigenvalue weighted by Gasteiger charge is 2.52. The summed E-state index contributed by atoms with van der Waals surface area (Å²) in [5, 5.41) is 2.61. The predicted octanol–water partition coefficient (Wildman–Crippen LogP) is 3.61. The van der Waals surface area contributed by atoms with Gasteiger partial charge in [-0.15, -0.1) is 0 Å². The zero-order valence-corrected chi connectivity index (χ0v) is 17.0. The fraction of sp³-hybridized carbons (Fsp3) is 0.318. The van der Waals surface area contributed by atoms with Crippen LogP contribution in [0.3, 0.4) is 0 Å². The zero-order chi connectivity index (χ0) is 22.8. The molecule has 2 unspecified atom stereocenters. The van der Waals surface area contributed by atoms with Gasteiger partial charge in [0.25, 0.3) is 5.91 Å². The first-order chi connectivity index (χ1) is 14.6. The van der Waals surface area contributed by atoms with Crippen molar-refractivity contribution in [1.82, 2.24) is 15.1 Å². The summed E-state index contributed by atoms with van der Waals surface area (Å²) in [4.78, 5) is 39.6. The van der Waals surface area contributed by atoms with Gasteiger partial charge in [0, 0.05) is 7.05 Å². The molecule has 6 nitrogen and oxygen atoms in total. The molecule has 9 heteroatoms. The zero-order valence-electron chi connectivity index (χ0n) is 17.0. The lowest BCUT2D eigenvalue weighted by molar-refractivity contribution is -0.189. The number of rotatable bonds is 6. The lowest BCUT2D eigenvalue weighted by Gasteiger charge is -2.31. The highest BCUT2D eigenvalue weighted by molar-refractivity contribution is 6.09. The van der Waals surface area contributed by atoms with Gasteiger partial charge in [0.05, 0.1) is 0 Å².